The number of nitrogens with one attached hydrogen (secondary N) is 1. The highest BCUT2D eigenvalue weighted by atomic mass is 19.2. The van der Waals surface area contributed by atoms with Gasteiger partial charge in [-0.3, -0.25) is 14.7 Å². The molecule has 4 rings (SSSR count). The van der Waals surface area contributed by atoms with Gasteiger partial charge in [0.05, 0.1) is 11.7 Å². The molecular formula is C21H20F2N4O. The Hall–Kier alpha value is -2.93. The van der Waals surface area contributed by atoms with Crippen LogP contribution in [0.3, 0.4) is 0 Å². The lowest BCUT2D eigenvalue weighted by Gasteiger charge is -2.35. The van der Waals surface area contributed by atoms with Crippen LogP contribution in [-0.2, 0) is 6.54 Å². The van der Waals surface area contributed by atoms with Crippen molar-refractivity contribution in [2.24, 2.45) is 0 Å². The zero-order valence-electron chi connectivity index (χ0n) is 15.2. The number of aromatic nitrogens is 3. The number of H-pyrrole nitrogens is 1. The van der Waals surface area contributed by atoms with Crippen molar-refractivity contribution in [2.45, 2.75) is 31.8 Å². The fraction of sp³-hybridized carbons (Fsp3) is 0.286. The Labute approximate surface area is 161 Å². The van der Waals surface area contributed by atoms with E-state index in [1.807, 2.05) is 6.07 Å². The number of pyridine rings is 1. The molecule has 1 saturated heterocycles. The SMILES string of the molecule is O=c1cc(C2CCCCN2Cc2ccc(F)c(F)c2)nc(-c2ccccn2)[nH]1. The van der Waals surface area contributed by atoms with Gasteiger partial charge in [-0.1, -0.05) is 18.6 Å². The average molecular weight is 382 g/mol. The Morgan fingerprint density at radius 2 is 2.00 bits per heavy atom. The topological polar surface area (TPSA) is 61.9 Å². The van der Waals surface area contributed by atoms with Crippen molar-refractivity contribution >= 4 is 0 Å². The van der Waals surface area contributed by atoms with E-state index in [1.54, 1.807) is 24.4 Å². The molecule has 1 aliphatic heterocycles. The fourth-order valence-corrected chi connectivity index (χ4v) is 3.66. The second kappa shape index (κ2) is 7.98. The first-order valence-corrected chi connectivity index (χ1v) is 9.31. The summed E-state index contributed by atoms with van der Waals surface area (Å²) in [5.74, 6) is -1.27. The van der Waals surface area contributed by atoms with Crippen molar-refractivity contribution in [2.75, 3.05) is 6.54 Å². The molecule has 0 aliphatic carbocycles. The number of piperidine rings is 1. The largest absolute Gasteiger partial charge is 0.305 e. The molecule has 0 bridgehead atoms. The molecule has 0 amide bonds. The lowest BCUT2D eigenvalue weighted by molar-refractivity contribution is 0.137. The van der Waals surface area contributed by atoms with Gasteiger partial charge in [0, 0.05) is 18.8 Å². The minimum Gasteiger partial charge on any atom is -0.305 e. The van der Waals surface area contributed by atoms with Gasteiger partial charge in [-0.05, 0) is 49.2 Å². The molecule has 28 heavy (non-hydrogen) atoms. The smallest absolute Gasteiger partial charge is 0.251 e. The highest BCUT2D eigenvalue weighted by Crippen LogP contribution is 2.31. The highest BCUT2D eigenvalue weighted by molar-refractivity contribution is 5.48. The van der Waals surface area contributed by atoms with E-state index in [9.17, 15) is 13.6 Å². The Balaban J connectivity index is 1.65. The monoisotopic (exact) mass is 382 g/mol. The predicted molar refractivity (Wildman–Crippen MR) is 101 cm³/mol. The maximum atomic E-state index is 13.6. The highest BCUT2D eigenvalue weighted by Gasteiger charge is 2.26. The van der Waals surface area contributed by atoms with E-state index in [2.05, 4.69) is 19.9 Å². The van der Waals surface area contributed by atoms with Gasteiger partial charge in [-0.25, -0.2) is 13.8 Å². The number of benzene rings is 1. The van der Waals surface area contributed by atoms with Crippen LogP contribution < -0.4 is 5.56 Å². The van der Waals surface area contributed by atoms with Gasteiger partial charge in [0.15, 0.2) is 17.5 Å². The van der Waals surface area contributed by atoms with E-state index < -0.39 is 11.6 Å². The quantitative estimate of drug-likeness (QED) is 0.745. The summed E-state index contributed by atoms with van der Waals surface area (Å²) in [6.07, 6.45) is 4.53. The van der Waals surface area contributed by atoms with E-state index in [0.717, 1.165) is 31.9 Å². The van der Waals surface area contributed by atoms with Crippen LogP contribution in [0.4, 0.5) is 8.78 Å². The van der Waals surface area contributed by atoms with Crippen LogP contribution in [0, 0.1) is 11.6 Å². The fourth-order valence-electron chi connectivity index (χ4n) is 3.66. The molecule has 5 nitrogen and oxygen atoms in total. The molecule has 0 saturated carbocycles. The van der Waals surface area contributed by atoms with Crippen molar-refractivity contribution in [3.8, 4) is 11.5 Å². The number of aromatic amines is 1. The molecule has 0 radical (unpaired) electrons. The van der Waals surface area contributed by atoms with E-state index in [1.165, 1.54) is 12.1 Å². The molecule has 2 aromatic heterocycles. The van der Waals surface area contributed by atoms with E-state index in [4.69, 9.17) is 0 Å². The second-order valence-corrected chi connectivity index (χ2v) is 6.96. The third kappa shape index (κ3) is 3.99. The van der Waals surface area contributed by atoms with Gasteiger partial charge in [-0.15, -0.1) is 0 Å². The molecule has 144 valence electrons. The first-order chi connectivity index (χ1) is 13.6. The molecular weight excluding hydrogens is 362 g/mol. The van der Waals surface area contributed by atoms with Crippen LogP contribution >= 0.6 is 0 Å². The van der Waals surface area contributed by atoms with Crippen LogP contribution in [0.1, 0.15) is 36.6 Å². The maximum absolute atomic E-state index is 13.6. The number of hydrogen-bond acceptors (Lipinski definition) is 4. The summed E-state index contributed by atoms with van der Waals surface area (Å²) in [5, 5.41) is 0. The normalized spacial score (nSPS) is 17.6. The van der Waals surface area contributed by atoms with Crippen LogP contribution in [0.5, 0.6) is 0 Å². The van der Waals surface area contributed by atoms with Crippen molar-refractivity contribution in [1.29, 1.82) is 0 Å². The summed E-state index contributed by atoms with van der Waals surface area (Å²) in [5.41, 5.74) is 1.74. The number of hydrogen-bond donors (Lipinski definition) is 1. The van der Waals surface area contributed by atoms with Crippen LogP contribution in [0.25, 0.3) is 11.5 Å². The van der Waals surface area contributed by atoms with Gasteiger partial charge in [0.1, 0.15) is 5.69 Å². The Kier molecular flexibility index (Phi) is 5.25. The van der Waals surface area contributed by atoms with Gasteiger partial charge >= 0.3 is 0 Å². The number of nitrogens with zero attached hydrogens (tertiary/aromatic N) is 3. The maximum Gasteiger partial charge on any atom is 0.251 e. The summed E-state index contributed by atoms with van der Waals surface area (Å²) in [7, 11) is 0. The summed E-state index contributed by atoms with van der Waals surface area (Å²) < 4.78 is 26.8. The number of likely N-dealkylation sites (tertiary alicyclic amines) is 1. The standard InChI is InChI=1S/C21H20F2N4O/c22-15-8-7-14(11-16(15)23)13-27-10-4-2-6-19(27)18-12-20(28)26-21(25-18)17-5-1-3-9-24-17/h1,3,5,7-9,11-12,19H,2,4,6,10,13H2,(H,25,26,28). The third-order valence-electron chi connectivity index (χ3n) is 4.99. The lowest BCUT2D eigenvalue weighted by atomic mass is 9.98. The molecule has 1 aliphatic rings. The number of halogens is 2. The molecule has 1 atom stereocenters. The van der Waals surface area contributed by atoms with E-state index >= 15 is 0 Å². The summed E-state index contributed by atoms with van der Waals surface area (Å²) >= 11 is 0. The van der Waals surface area contributed by atoms with E-state index in [-0.39, 0.29) is 11.6 Å². The van der Waals surface area contributed by atoms with Crippen molar-refractivity contribution < 1.29 is 8.78 Å². The van der Waals surface area contributed by atoms with Crippen LogP contribution in [0.2, 0.25) is 0 Å². The summed E-state index contributed by atoms with van der Waals surface area (Å²) in [4.78, 5) is 26.1. The minimum absolute atomic E-state index is 0.0633. The zero-order valence-corrected chi connectivity index (χ0v) is 15.2. The molecule has 1 unspecified atom stereocenters. The molecule has 1 N–H and O–H groups in total. The second-order valence-electron chi connectivity index (χ2n) is 6.96. The Bertz CT molecular complexity index is 1020. The zero-order chi connectivity index (χ0) is 19.5. The van der Waals surface area contributed by atoms with Gasteiger partial charge in [0.2, 0.25) is 0 Å². The Morgan fingerprint density at radius 3 is 2.79 bits per heavy atom. The van der Waals surface area contributed by atoms with Crippen molar-refractivity contribution in [3.05, 3.63) is 81.9 Å². The van der Waals surface area contributed by atoms with Crippen LogP contribution in [0.15, 0.2) is 53.5 Å². The third-order valence-corrected chi connectivity index (χ3v) is 4.99. The Morgan fingerprint density at radius 1 is 1.11 bits per heavy atom. The lowest BCUT2D eigenvalue weighted by Crippen LogP contribution is -2.34. The summed E-state index contributed by atoms with van der Waals surface area (Å²) in [6, 6.07) is 10.9. The van der Waals surface area contributed by atoms with Gasteiger partial charge in [-0.2, -0.15) is 0 Å². The molecule has 0 spiro atoms. The average Bonchev–Trinajstić information content (AvgIpc) is 2.71. The van der Waals surface area contributed by atoms with E-state index in [0.29, 0.717) is 29.3 Å². The molecule has 7 heteroatoms. The number of rotatable bonds is 4. The molecule has 1 fully saturated rings. The predicted octanol–water partition coefficient (Wildman–Crippen LogP) is 3.84. The van der Waals surface area contributed by atoms with Gasteiger partial charge in [0.25, 0.3) is 5.56 Å². The van der Waals surface area contributed by atoms with Crippen molar-refractivity contribution in [3.63, 3.8) is 0 Å². The first-order valence-electron chi connectivity index (χ1n) is 9.31. The summed E-state index contributed by atoms with van der Waals surface area (Å²) in [6.45, 7) is 1.27. The molecule has 1 aromatic carbocycles. The minimum atomic E-state index is -0.852. The molecule has 3 aromatic rings. The molecule has 3 heterocycles. The van der Waals surface area contributed by atoms with Crippen molar-refractivity contribution in [1.82, 2.24) is 19.9 Å². The van der Waals surface area contributed by atoms with Crippen LogP contribution in [-0.4, -0.2) is 26.4 Å². The first kappa shape index (κ1) is 18.4. The van der Waals surface area contributed by atoms with Gasteiger partial charge < -0.3 is 4.98 Å².